The van der Waals surface area contributed by atoms with Crippen LogP contribution < -0.4 is 4.90 Å². The van der Waals surface area contributed by atoms with Crippen LogP contribution in [-0.2, 0) is 11.3 Å². The van der Waals surface area contributed by atoms with Gasteiger partial charge in [0, 0.05) is 20.2 Å². The highest BCUT2D eigenvalue weighted by Crippen LogP contribution is 2.36. The van der Waals surface area contributed by atoms with Gasteiger partial charge in [0.2, 0.25) is 0 Å². The number of aromatic nitrogens is 1. The summed E-state index contributed by atoms with van der Waals surface area (Å²) in [6.45, 7) is 0.619. The van der Waals surface area contributed by atoms with Crippen molar-refractivity contribution >= 4 is 22.8 Å². The summed E-state index contributed by atoms with van der Waals surface area (Å²) in [4.78, 5) is 17.2. The molecule has 0 N–H and O–H groups in total. The molecule has 0 bridgehead atoms. The first-order chi connectivity index (χ1) is 9.45. The molecule has 0 saturated carbocycles. The average Bonchev–Trinajstić information content (AvgIpc) is 2.82. The van der Waals surface area contributed by atoms with Crippen LogP contribution in [0.4, 0.5) is 18.3 Å². The maximum atomic E-state index is 12.8. The lowest BCUT2D eigenvalue weighted by Gasteiger charge is -2.33. The first kappa shape index (κ1) is 15.2. The van der Waals surface area contributed by atoms with E-state index < -0.39 is 12.1 Å². The summed E-state index contributed by atoms with van der Waals surface area (Å²) in [5.74, 6) is -1.33. The quantitative estimate of drug-likeness (QED) is 0.802. The number of carbonyl (C=O) groups excluding carboxylic acids is 1. The first-order valence-electron chi connectivity index (χ1n) is 6.21. The minimum atomic E-state index is -4.18. The summed E-state index contributed by atoms with van der Waals surface area (Å²) >= 11 is 1.12. The fourth-order valence-electron chi connectivity index (χ4n) is 2.24. The number of hydrogen-bond donors (Lipinski definition) is 0. The third-order valence-electron chi connectivity index (χ3n) is 3.26. The maximum Gasteiger partial charge on any atom is 0.393 e. The molecule has 1 aliphatic heterocycles. The van der Waals surface area contributed by atoms with Gasteiger partial charge in [0.25, 0.3) is 0 Å². The van der Waals surface area contributed by atoms with Crippen molar-refractivity contribution in [1.29, 1.82) is 0 Å². The molecular weight excluding hydrogens is 293 g/mol. The fraction of sp³-hybridized carbons (Fsp3) is 0.667. The number of piperidine rings is 1. The second-order valence-corrected chi connectivity index (χ2v) is 5.69. The molecule has 1 fully saturated rings. The highest BCUT2D eigenvalue weighted by molar-refractivity contribution is 7.17. The van der Waals surface area contributed by atoms with E-state index >= 15 is 0 Å². The maximum absolute atomic E-state index is 12.8. The Kier molecular flexibility index (Phi) is 4.64. The Morgan fingerprint density at radius 3 is 2.90 bits per heavy atom. The molecular formula is C12H15F3N2O2S. The van der Waals surface area contributed by atoms with Gasteiger partial charge in [-0.15, -0.1) is 0 Å². The van der Waals surface area contributed by atoms with Crippen LogP contribution in [0.1, 0.15) is 28.2 Å². The van der Waals surface area contributed by atoms with Gasteiger partial charge in [0.15, 0.2) is 11.4 Å². The zero-order valence-corrected chi connectivity index (χ0v) is 11.8. The molecule has 1 aromatic heterocycles. The van der Waals surface area contributed by atoms with Gasteiger partial charge >= 0.3 is 6.18 Å². The predicted molar refractivity (Wildman–Crippen MR) is 69.2 cm³/mol. The first-order valence-corrected chi connectivity index (χ1v) is 7.02. The van der Waals surface area contributed by atoms with Crippen molar-refractivity contribution in [3.05, 3.63) is 10.6 Å². The van der Waals surface area contributed by atoms with Gasteiger partial charge in [0.05, 0.1) is 23.1 Å². The number of hydrogen-bond acceptors (Lipinski definition) is 5. The zero-order chi connectivity index (χ0) is 14.8. The summed E-state index contributed by atoms with van der Waals surface area (Å²) in [7, 11) is 1.48. The molecule has 0 amide bonds. The second kappa shape index (κ2) is 6.09. The van der Waals surface area contributed by atoms with Crippen LogP contribution in [0.25, 0.3) is 0 Å². The van der Waals surface area contributed by atoms with Gasteiger partial charge in [-0.25, -0.2) is 4.98 Å². The minimum Gasteiger partial charge on any atom is -0.378 e. The van der Waals surface area contributed by atoms with E-state index in [9.17, 15) is 18.0 Å². The van der Waals surface area contributed by atoms with Crippen molar-refractivity contribution in [2.75, 3.05) is 25.1 Å². The molecule has 1 atom stereocenters. The highest BCUT2D eigenvalue weighted by Gasteiger charge is 2.42. The molecule has 2 heterocycles. The molecule has 0 radical (unpaired) electrons. The largest absolute Gasteiger partial charge is 0.393 e. The summed E-state index contributed by atoms with van der Waals surface area (Å²) in [5, 5.41) is 0.466. The van der Waals surface area contributed by atoms with Crippen LogP contribution in [0.2, 0.25) is 0 Å². The van der Waals surface area contributed by atoms with Crippen LogP contribution in [0.5, 0.6) is 0 Å². The molecule has 0 aliphatic carbocycles. The summed E-state index contributed by atoms with van der Waals surface area (Å²) in [6.07, 6.45) is -2.89. The smallest absolute Gasteiger partial charge is 0.378 e. The Morgan fingerprint density at radius 2 is 2.30 bits per heavy atom. The van der Waals surface area contributed by atoms with Crippen molar-refractivity contribution in [3.63, 3.8) is 0 Å². The van der Waals surface area contributed by atoms with Crippen LogP contribution in [0.3, 0.4) is 0 Å². The number of aldehydes is 1. The number of carbonyl (C=O) groups is 1. The Bertz CT molecular complexity index is 476. The van der Waals surface area contributed by atoms with Gasteiger partial charge < -0.3 is 9.64 Å². The number of thiazole rings is 1. The molecule has 4 nitrogen and oxygen atoms in total. The molecule has 2 rings (SSSR count). The Morgan fingerprint density at radius 1 is 1.55 bits per heavy atom. The average molecular weight is 308 g/mol. The van der Waals surface area contributed by atoms with E-state index in [1.165, 1.54) is 7.11 Å². The molecule has 8 heteroatoms. The van der Waals surface area contributed by atoms with Crippen molar-refractivity contribution < 1.29 is 22.7 Å². The van der Waals surface area contributed by atoms with Gasteiger partial charge in [-0.2, -0.15) is 13.2 Å². The number of nitrogens with zero attached hydrogens (tertiary/aromatic N) is 2. The van der Waals surface area contributed by atoms with Crippen molar-refractivity contribution in [2.45, 2.75) is 25.6 Å². The Balaban J connectivity index is 2.16. The lowest BCUT2D eigenvalue weighted by Crippen LogP contribution is -2.41. The lowest BCUT2D eigenvalue weighted by atomic mass is 9.98. The fourth-order valence-corrected chi connectivity index (χ4v) is 3.15. The molecule has 1 unspecified atom stereocenters. The second-order valence-electron chi connectivity index (χ2n) is 4.69. The molecule has 1 aliphatic rings. The van der Waals surface area contributed by atoms with E-state index in [-0.39, 0.29) is 19.6 Å². The van der Waals surface area contributed by atoms with E-state index in [1.54, 1.807) is 4.90 Å². The van der Waals surface area contributed by atoms with Crippen molar-refractivity contribution in [2.24, 2.45) is 5.92 Å². The predicted octanol–water partition coefficient (Wildman–Crippen LogP) is 2.88. The number of rotatable bonds is 4. The minimum absolute atomic E-state index is 0.0955. The van der Waals surface area contributed by atoms with Crippen LogP contribution in [0, 0.1) is 5.92 Å². The molecule has 20 heavy (non-hydrogen) atoms. The van der Waals surface area contributed by atoms with E-state index in [4.69, 9.17) is 4.74 Å². The Hall–Kier alpha value is -1.15. The third kappa shape index (κ3) is 3.29. The van der Waals surface area contributed by atoms with Crippen molar-refractivity contribution in [3.8, 4) is 0 Å². The SMILES string of the molecule is COCc1nc(N2CCCC(C(F)(F)F)C2)sc1C=O. The highest BCUT2D eigenvalue weighted by atomic mass is 32.1. The van der Waals surface area contributed by atoms with E-state index in [2.05, 4.69) is 4.98 Å². The Labute approximate surface area is 118 Å². The summed E-state index contributed by atoms with van der Waals surface area (Å²) in [5.41, 5.74) is 0.483. The van der Waals surface area contributed by atoms with E-state index in [0.29, 0.717) is 35.0 Å². The van der Waals surface area contributed by atoms with Gasteiger partial charge in [0.1, 0.15) is 0 Å². The molecule has 0 spiro atoms. The lowest BCUT2D eigenvalue weighted by molar-refractivity contribution is -0.175. The summed E-state index contributed by atoms with van der Waals surface area (Å²) in [6, 6.07) is 0. The standard InChI is InChI=1S/C12H15F3N2O2S/c1-19-7-9-10(6-18)20-11(16-9)17-4-2-3-8(5-17)12(13,14)15/h6,8H,2-5,7H2,1H3. The van der Waals surface area contributed by atoms with E-state index in [1.807, 2.05) is 0 Å². The molecule has 1 aromatic rings. The van der Waals surface area contributed by atoms with Gasteiger partial charge in [-0.3, -0.25) is 4.79 Å². The third-order valence-corrected chi connectivity index (χ3v) is 4.34. The zero-order valence-electron chi connectivity index (χ0n) is 10.9. The number of methoxy groups -OCH3 is 1. The van der Waals surface area contributed by atoms with E-state index in [0.717, 1.165) is 11.3 Å². The topological polar surface area (TPSA) is 42.4 Å². The molecule has 1 saturated heterocycles. The normalized spacial score (nSPS) is 20.2. The van der Waals surface area contributed by atoms with Crippen LogP contribution in [0.15, 0.2) is 0 Å². The number of anilines is 1. The number of halogens is 3. The summed E-state index contributed by atoms with van der Waals surface area (Å²) < 4.78 is 43.3. The number of ether oxygens (including phenoxy) is 1. The van der Waals surface area contributed by atoms with Gasteiger partial charge in [-0.05, 0) is 12.8 Å². The van der Waals surface area contributed by atoms with Gasteiger partial charge in [-0.1, -0.05) is 11.3 Å². The number of alkyl halides is 3. The molecule has 112 valence electrons. The monoisotopic (exact) mass is 308 g/mol. The van der Waals surface area contributed by atoms with Crippen LogP contribution in [-0.4, -0.2) is 37.6 Å². The van der Waals surface area contributed by atoms with Crippen LogP contribution >= 0.6 is 11.3 Å². The molecule has 0 aromatic carbocycles. The van der Waals surface area contributed by atoms with Crippen molar-refractivity contribution in [1.82, 2.24) is 4.98 Å².